The van der Waals surface area contributed by atoms with Gasteiger partial charge in [-0.3, -0.25) is 0 Å². The van der Waals surface area contributed by atoms with Gasteiger partial charge in [-0.2, -0.15) is 0 Å². The van der Waals surface area contributed by atoms with Crippen LogP contribution < -0.4 is 4.74 Å². The number of carbonyl (C=O) groups is 1. The van der Waals surface area contributed by atoms with E-state index in [1.807, 2.05) is 0 Å². The maximum atomic E-state index is 12.6. The molecule has 0 saturated carbocycles. The predicted molar refractivity (Wildman–Crippen MR) is 102 cm³/mol. The summed E-state index contributed by atoms with van der Waals surface area (Å²) in [6, 6.07) is 14.5. The molecule has 7 heteroatoms. The van der Waals surface area contributed by atoms with Crippen LogP contribution >= 0.6 is 0 Å². The first-order valence-corrected chi connectivity index (χ1v) is 8.91. The molecule has 7 nitrogen and oxygen atoms in total. The monoisotopic (exact) mass is 394 g/mol. The number of rotatable bonds is 3. The van der Waals surface area contributed by atoms with Gasteiger partial charge < -0.3 is 29.9 Å². The van der Waals surface area contributed by atoms with Gasteiger partial charge in [-0.25, -0.2) is 4.79 Å². The van der Waals surface area contributed by atoms with E-state index in [4.69, 9.17) is 9.47 Å². The van der Waals surface area contributed by atoms with Crippen molar-refractivity contribution in [2.75, 3.05) is 0 Å². The number of aromatic hydroxyl groups is 4. The van der Waals surface area contributed by atoms with Crippen LogP contribution in [0.2, 0.25) is 0 Å². The Morgan fingerprint density at radius 2 is 1.48 bits per heavy atom. The summed E-state index contributed by atoms with van der Waals surface area (Å²) in [6.45, 7) is 0. The second kappa shape index (κ2) is 7.27. The summed E-state index contributed by atoms with van der Waals surface area (Å²) in [5, 5.41) is 38.9. The quantitative estimate of drug-likeness (QED) is 0.503. The van der Waals surface area contributed by atoms with Crippen molar-refractivity contribution in [3.05, 3.63) is 77.4 Å². The number of benzene rings is 3. The van der Waals surface area contributed by atoms with Crippen molar-refractivity contribution in [2.45, 2.75) is 18.6 Å². The van der Waals surface area contributed by atoms with E-state index in [0.717, 1.165) is 0 Å². The van der Waals surface area contributed by atoms with Gasteiger partial charge in [0.15, 0.2) is 6.10 Å². The van der Waals surface area contributed by atoms with E-state index in [0.29, 0.717) is 11.1 Å². The third kappa shape index (κ3) is 3.75. The number of ether oxygens (including phenoxy) is 2. The maximum Gasteiger partial charge on any atom is 0.338 e. The Kier molecular flexibility index (Phi) is 4.64. The maximum absolute atomic E-state index is 12.6. The minimum Gasteiger partial charge on any atom is -0.508 e. The molecule has 1 aliphatic heterocycles. The zero-order valence-corrected chi connectivity index (χ0v) is 15.1. The summed E-state index contributed by atoms with van der Waals surface area (Å²) < 4.78 is 11.6. The molecule has 2 unspecified atom stereocenters. The topological polar surface area (TPSA) is 116 Å². The number of fused-ring (bicyclic) bond motifs is 1. The predicted octanol–water partition coefficient (Wildman–Crippen LogP) is 3.41. The van der Waals surface area contributed by atoms with E-state index in [1.165, 1.54) is 48.5 Å². The van der Waals surface area contributed by atoms with Gasteiger partial charge in [0, 0.05) is 24.1 Å². The molecule has 1 heterocycles. The third-order valence-corrected chi connectivity index (χ3v) is 4.75. The van der Waals surface area contributed by atoms with E-state index < -0.39 is 18.2 Å². The van der Waals surface area contributed by atoms with E-state index >= 15 is 0 Å². The number of esters is 1. The van der Waals surface area contributed by atoms with Crippen molar-refractivity contribution in [2.24, 2.45) is 0 Å². The Bertz CT molecular complexity index is 1040. The van der Waals surface area contributed by atoms with Gasteiger partial charge in [0.2, 0.25) is 0 Å². The highest BCUT2D eigenvalue weighted by Crippen LogP contribution is 2.43. The molecule has 0 aliphatic carbocycles. The molecule has 0 aromatic heterocycles. The molecule has 3 aromatic rings. The molecular formula is C22H18O7. The molecular weight excluding hydrogens is 376 g/mol. The van der Waals surface area contributed by atoms with Crippen molar-refractivity contribution >= 4 is 5.97 Å². The van der Waals surface area contributed by atoms with Crippen LogP contribution in [0.4, 0.5) is 0 Å². The first-order chi connectivity index (χ1) is 13.9. The summed E-state index contributed by atoms with van der Waals surface area (Å²) in [4.78, 5) is 12.6. The highest BCUT2D eigenvalue weighted by Gasteiger charge is 2.36. The van der Waals surface area contributed by atoms with Gasteiger partial charge in [-0.05, 0) is 42.0 Å². The van der Waals surface area contributed by atoms with Crippen molar-refractivity contribution in [3.63, 3.8) is 0 Å². The van der Waals surface area contributed by atoms with E-state index in [1.54, 1.807) is 12.1 Å². The summed E-state index contributed by atoms with van der Waals surface area (Å²) in [5.41, 5.74) is 1.33. The molecule has 0 amide bonds. The summed E-state index contributed by atoms with van der Waals surface area (Å²) in [7, 11) is 0. The molecule has 0 fully saturated rings. The van der Waals surface area contributed by atoms with Crippen LogP contribution in [0.1, 0.15) is 27.6 Å². The number of carbonyl (C=O) groups excluding carboxylic acids is 1. The molecule has 148 valence electrons. The normalized spacial score (nSPS) is 17.8. The average molecular weight is 394 g/mol. The largest absolute Gasteiger partial charge is 0.508 e. The third-order valence-electron chi connectivity index (χ3n) is 4.75. The Balaban J connectivity index is 1.68. The van der Waals surface area contributed by atoms with Gasteiger partial charge in [-0.1, -0.05) is 12.1 Å². The highest BCUT2D eigenvalue weighted by atomic mass is 16.6. The summed E-state index contributed by atoms with van der Waals surface area (Å²) in [6.07, 6.45) is -1.33. The highest BCUT2D eigenvalue weighted by molar-refractivity contribution is 5.89. The molecule has 0 saturated heterocycles. The van der Waals surface area contributed by atoms with Crippen LogP contribution in [0, 0.1) is 0 Å². The van der Waals surface area contributed by atoms with Crippen LogP contribution in [0.15, 0.2) is 60.7 Å². The Morgan fingerprint density at radius 1 is 0.862 bits per heavy atom. The van der Waals surface area contributed by atoms with Crippen molar-refractivity contribution in [3.8, 4) is 28.7 Å². The van der Waals surface area contributed by atoms with Crippen LogP contribution in [0.5, 0.6) is 28.7 Å². The van der Waals surface area contributed by atoms with Crippen LogP contribution in [0.3, 0.4) is 0 Å². The van der Waals surface area contributed by atoms with E-state index in [9.17, 15) is 25.2 Å². The molecule has 1 aliphatic rings. The van der Waals surface area contributed by atoms with Gasteiger partial charge in [0.25, 0.3) is 0 Å². The van der Waals surface area contributed by atoms with Crippen molar-refractivity contribution in [1.82, 2.24) is 0 Å². The number of hydrogen-bond donors (Lipinski definition) is 4. The fourth-order valence-electron chi connectivity index (χ4n) is 3.30. The number of phenols is 4. The Morgan fingerprint density at radius 3 is 2.14 bits per heavy atom. The average Bonchev–Trinajstić information content (AvgIpc) is 2.69. The van der Waals surface area contributed by atoms with Crippen molar-refractivity contribution in [1.29, 1.82) is 0 Å². The molecule has 29 heavy (non-hydrogen) atoms. The lowest BCUT2D eigenvalue weighted by Gasteiger charge is -2.34. The zero-order chi connectivity index (χ0) is 20.5. The molecule has 2 atom stereocenters. The first-order valence-electron chi connectivity index (χ1n) is 8.91. The second-order valence-electron chi connectivity index (χ2n) is 6.77. The standard InChI is InChI=1S/C22H18O7/c23-14-5-1-12(2-6-14)21-20(29-22(27)13-3-7-15(24)8-4-13)11-17-18(26)9-16(25)10-19(17)28-21/h1-10,20-21,23-26H,11H2. The molecule has 0 spiro atoms. The summed E-state index contributed by atoms with van der Waals surface area (Å²) in [5.74, 6) is -0.511. The smallest absolute Gasteiger partial charge is 0.338 e. The molecule has 0 radical (unpaired) electrons. The Labute approximate surface area is 166 Å². The Hall–Kier alpha value is -3.87. The first kappa shape index (κ1) is 18.5. The molecule has 3 aromatic carbocycles. The molecule has 4 N–H and O–H groups in total. The van der Waals surface area contributed by atoms with Crippen LogP contribution in [-0.2, 0) is 11.2 Å². The van der Waals surface area contributed by atoms with Gasteiger partial charge in [0.1, 0.15) is 34.9 Å². The van der Waals surface area contributed by atoms with E-state index in [2.05, 4.69) is 0 Å². The second-order valence-corrected chi connectivity index (χ2v) is 6.77. The van der Waals surface area contributed by atoms with Crippen LogP contribution in [0.25, 0.3) is 0 Å². The fourth-order valence-corrected chi connectivity index (χ4v) is 3.30. The van der Waals surface area contributed by atoms with Gasteiger partial charge in [0.05, 0.1) is 5.56 Å². The lowest BCUT2D eigenvalue weighted by atomic mass is 9.93. The molecule has 4 rings (SSSR count). The number of phenolic OH excluding ortho intramolecular Hbond substituents is 4. The lowest BCUT2D eigenvalue weighted by molar-refractivity contribution is -0.0188. The van der Waals surface area contributed by atoms with Gasteiger partial charge in [-0.15, -0.1) is 0 Å². The SMILES string of the molecule is O=C(OC1Cc2c(O)cc(O)cc2OC1c1ccc(O)cc1)c1ccc(O)cc1. The lowest BCUT2D eigenvalue weighted by Crippen LogP contribution is -2.34. The number of hydrogen-bond acceptors (Lipinski definition) is 7. The molecule has 0 bridgehead atoms. The summed E-state index contributed by atoms with van der Waals surface area (Å²) >= 11 is 0. The minimum absolute atomic E-state index is 0.0307. The van der Waals surface area contributed by atoms with Crippen LogP contribution in [-0.4, -0.2) is 32.5 Å². The van der Waals surface area contributed by atoms with Crippen molar-refractivity contribution < 1.29 is 34.7 Å². The zero-order valence-electron chi connectivity index (χ0n) is 15.1. The van der Waals surface area contributed by atoms with E-state index in [-0.39, 0.29) is 40.7 Å². The minimum atomic E-state index is -0.774. The van der Waals surface area contributed by atoms with Gasteiger partial charge >= 0.3 is 5.97 Å². The fraction of sp³-hybridized carbons (Fsp3) is 0.136.